The molecule has 0 atom stereocenters. The lowest BCUT2D eigenvalue weighted by Crippen LogP contribution is -2.48. The summed E-state index contributed by atoms with van der Waals surface area (Å²) >= 11 is 0. The lowest BCUT2D eigenvalue weighted by Gasteiger charge is -2.39. The van der Waals surface area contributed by atoms with Crippen molar-refractivity contribution >= 4 is 11.8 Å². The van der Waals surface area contributed by atoms with Gasteiger partial charge in [0.05, 0.1) is 5.56 Å². The van der Waals surface area contributed by atoms with Crippen molar-refractivity contribution in [2.45, 2.75) is 76.7 Å². The molecule has 1 aliphatic carbocycles. The molecule has 0 spiro atoms. The third-order valence-corrected chi connectivity index (χ3v) is 6.03. The van der Waals surface area contributed by atoms with E-state index >= 15 is 0 Å². The van der Waals surface area contributed by atoms with Gasteiger partial charge in [-0.05, 0) is 56.3 Å². The lowest BCUT2D eigenvalue weighted by atomic mass is 10.0. The average molecular weight is 440 g/mol. The molecule has 1 aliphatic heterocycles. The standard InChI is InChI=1S/C23H32F3N3O2/c1-2-12-28-13-10-20(11-14-28)29(19-6-7-19)22(31)9-8-21(30)27-16-17-4-3-5-18(15-17)23(24,25)26/h3-5,15,19-20H,2,6-14,16H2,1H3,(H,27,30). The van der Waals surface area contributed by atoms with Crippen LogP contribution in [-0.4, -0.2) is 53.3 Å². The number of nitrogens with zero attached hydrogens (tertiary/aromatic N) is 2. The quantitative estimate of drug-likeness (QED) is 0.634. The largest absolute Gasteiger partial charge is 0.416 e. The normalized spacial score (nSPS) is 18.1. The number of piperidine rings is 1. The van der Waals surface area contributed by atoms with Gasteiger partial charge in [0.25, 0.3) is 0 Å². The van der Waals surface area contributed by atoms with E-state index < -0.39 is 11.7 Å². The van der Waals surface area contributed by atoms with E-state index in [1.807, 2.05) is 4.90 Å². The topological polar surface area (TPSA) is 52.7 Å². The molecule has 2 aliphatic rings. The molecule has 31 heavy (non-hydrogen) atoms. The smallest absolute Gasteiger partial charge is 0.352 e. The van der Waals surface area contributed by atoms with Gasteiger partial charge in [-0.15, -0.1) is 0 Å². The van der Waals surface area contributed by atoms with Crippen LogP contribution >= 0.6 is 0 Å². The van der Waals surface area contributed by atoms with E-state index in [1.165, 1.54) is 6.07 Å². The summed E-state index contributed by atoms with van der Waals surface area (Å²) in [5.74, 6) is -0.301. The summed E-state index contributed by atoms with van der Waals surface area (Å²) in [5, 5.41) is 2.63. The number of carbonyl (C=O) groups is 2. The molecule has 5 nitrogen and oxygen atoms in total. The van der Waals surface area contributed by atoms with Gasteiger partial charge in [-0.2, -0.15) is 13.2 Å². The number of rotatable bonds is 9. The Bertz CT molecular complexity index is 757. The molecule has 3 rings (SSSR count). The van der Waals surface area contributed by atoms with Crippen molar-refractivity contribution in [1.29, 1.82) is 0 Å². The van der Waals surface area contributed by atoms with Gasteiger partial charge in [0.2, 0.25) is 11.8 Å². The summed E-state index contributed by atoms with van der Waals surface area (Å²) in [6.45, 7) is 5.29. The third kappa shape index (κ3) is 6.95. The minimum Gasteiger partial charge on any atom is -0.352 e. The van der Waals surface area contributed by atoms with Gasteiger partial charge in [-0.25, -0.2) is 0 Å². The Kier molecular flexibility index (Phi) is 7.97. The summed E-state index contributed by atoms with van der Waals surface area (Å²) in [5.41, 5.74) is -0.354. The van der Waals surface area contributed by atoms with Crippen LogP contribution in [0.25, 0.3) is 0 Å². The number of alkyl halides is 3. The van der Waals surface area contributed by atoms with Crippen molar-refractivity contribution in [3.63, 3.8) is 0 Å². The molecule has 1 aromatic rings. The molecule has 0 bridgehead atoms. The second-order valence-electron chi connectivity index (χ2n) is 8.58. The van der Waals surface area contributed by atoms with Crippen LogP contribution in [0.4, 0.5) is 13.2 Å². The fourth-order valence-electron chi connectivity index (χ4n) is 4.29. The molecule has 172 valence electrons. The van der Waals surface area contributed by atoms with Crippen LogP contribution in [0.5, 0.6) is 0 Å². The van der Waals surface area contributed by atoms with E-state index in [2.05, 4.69) is 17.1 Å². The fraction of sp³-hybridized carbons (Fsp3) is 0.652. The number of amides is 2. The zero-order valence-corrected chi connectivity index (χ0v) is 18.1. The van der Waals surface area contributed by atoms with Crippen molar-refractivity contribution in [2.75, 3.05) is 19.6 Å². The van der Waals surface area contributed by atoms with Crippen molar-refractivity contribution in [1.82, 2.24) is 15.1 Å². The number of nitrogens with one attached hydrogen (secondary N) is 1. The van der Waals surface area contributed by atoms with Crippen LogP contribution in [0.3, 0.4) is 0 Å². The predicted molar refractivity (Wildman–Crippen MR) is 112 cm³/mol. The SMILES string of the molecule is CCCN1CCC(N(C(=O)CCC(=O)NCc2cccc(C(F)(F)F)c2)C2CC2)CC1. The van der Waals surface area contributed by atoms with Gasteiger partial charge in [0, 0.05) is 44.6 Å². The van der Waals surface area contributed by atoms with E-state index in [4.69, 9.17) is 0 Å². The molecule has 8 heteroatoms. The number of hydrogen-bond donors (Lipinski definition) is 1. The van der Waals surface area contributed by atoms with Gasteiger partial charge in [0.15, 0.2) is 0 Å². The van der Waals surface area contributed by atoms with Gasteiger partial charge < -0.3 is 15.1 Å². The fourth-order valence-corrected chi connectivity index (χ4v) is 4.29. The zero-order valence-electron chi connectivity index (χ0n) is 18.1. The number of benzene rings is 1. The molecular weight excluding hydrogens is 407 g/mol. The van der Waals surface area contributed by atoms with Crippen LogP contribution in [0, 0.1) is 0 Å². The highest BCUT2D eigenvalue weighted by molar-refractivity contribution is 5.84. The first-order chi connectivity index (χ1) is 14.8. The maximum Gasteiger partial charge on any atom is 0.416 e. The molecule has 1 heterocycles. The second-order valence-corrected chi connectivity index (χ2v) is 8.58. The van der Waals surface area contributed by atoms with Gasteiger partial charge in [0.1, 0.15) is 0 Å². The van der Waals surface area contributed by atoms with Crippen molar-refractivity contribution in [3.8, 4) is 0 Å². The first-order valence-corrected chi connectivity index (χ1v) is 11.2. The summed E-state index contributed by atoms with van der Waals surface area (Å²) < 4.78 is 38.4. The molecule has 0 aromatic heterocycles. The van der Waals surface area contributed by atoms with Gasteiger partial charge in [-0.1, -0.05) is 19.1 Å². The number of likely N-dealkylation sites (tertiary alicyclic amines) is 1. The molecular formula is C23H32F3N3O2. The second kappa shape index (κ2) is 10.5. The van der Waals surface area contributed by atoms with Crippen molar-refractivity contribution in [2.24, 2.45) is 0 Å². The van der Waals surface area contributed by atoms with Crippen LogP contribution < -0.4 is 5.32 Å². The van der Waals surface area contributed by atoms with Crippen LogP contribution in [0.15, 0.2) is 24.3 Å². The Labute approximate surface area is 182 Å². The third-order valence-electron chi connectivity index (χ3n) is 6.03. The molecule has 0 unspecified atom stereocenters. The van der Waals surface area contributed by atoms with E-state index in [9.17, 15) is 22.8 Å². The molecule has 2 amide bonds. The monoisotopic (exact) mass is 439 g/mol. The van der Waals surface area contributed by atoms with Crippen LogP contribution in [-0.2, 0) is 22.3 Å². The number of halogens is 3. The number of carbonyl (C=O) groups excluding carboxylic acids is 2. The van der Waals surface area contributed by atoms with E-state index in [1.54, 1.807) is 6.07 Å². The highest BCUT2D eigenvalue weighted by atomic mass is 19.4. The maximum absolute atomic E-state index is 12.9. The maximum atomic E-state index is 12.9. The molecule has 1 saturated heterocycles. The summed E-state index contributed by atoms with van der Waals surface area (Å²) in [4.78, 5) is 29.5. The Morgan fingerprint density at radius 3 is 2.39 bits per heavy atom. The Morgan fingerprint density at radius 2 is 1.77 bits per heavy atom. The highest BCUT2D eigenvalue weighted by Gasteiger charge is 2.38. The molecule has 1 aromatic carbocycles. The minimum absolute atomic E-state index is 0.0131. The first kappa shape index (κ1) is 23.6. The molecule has 1 saturated carbocycles. The van der Waals surface area contributed by atoms with Gasteiger partial charge >= 0.3 is 6.18 Å². The zero-order chi connectivity index (χ0) is 22.4. The predicted octanol–water partition coefficient (Wildman–Crippen LogP) is 3.97. The summed E-state index contributed by atoms with van der Waals surface area (Å²) in [6.07, 6.45) is 0.923. The highest BCUT2D eigenvalue weighted by Crippen LogP contribution is 2.33. The van der Waals surface area contributed by atoms with E-state index in [-0.39, 0.29) is 37.2 Å². The summed E-state index contributed by atoms with van der Waals surface area (Å²) in [6, 6.07) is 5.46. The van der Waals surface area contributed by atoms with Gasteiger partial charge in [-0.3, -0.25) is 9.59 Å². The molecule has 0 radical (unpaired) electrons. The lowest BCUT2D eigenvalue weighted by molar-refractivity contribution is -0.138. The number of hydrogen-bond acceptors (Lipinski definition) is 3. The van der Waals surface area contributed by atoms with E-state index in [0.717, 1.165) is 63.9 Å². The van der Waals surface area contributed by atoms with Crippen molar-refractivity contribution < 1.29 is 22.8 Å². The Hall–Kier alpha value is -2.09. The van der Waals surface area contributed by atoms with Crippen LogP contribution in [0.1, 0.15) is 63.0 Å². The average Bonchev–Trinajstić information content (AvgIpc) is 3.57. The summed E-state index contributed by atoms with van der Waals surface area (Å²) in [7, 11) is 0. The van der Waals surface area contributed by atoms with Crippen LogP contribution in [0.2, 0.25) is 0 Å². The molecule has 2 fully saturated rings. The Morgan fingerprint density at radius 1 is 1.10 bits per heavy atom. The first-order valence-electron chi connectivity index (χ1n) is 11.2. The Balaban J connectivity index is 1.45. The molecule has 1 N–H and O–H groups in total. The van der Waals surface area contributed by atoms with Crippen molar-refractivity contribution in [3.05, 3.63) is 35.4 Å². The van der Waals surface area contributed by atoms with E-state index in [0.29, 0.717) is 11.6 Å². The minimum atomic E-state index is -4.41.